The number of carbonyl (C=O) groups is 1. The van der Waals surface area contributed by atoms with E-state index in [0.29, 0.717) is 10.9 Å². The largest absolute Gasteiger partial charge is 0.872 e. The van der Waals surface area contributed by atoms with Gasteiger partial charge in [0, 0.05) is 5.52 Å². The van der Waals surface area contributed by atoms with Crippen molar-refractivity contribution >= 4 is 16.9 Å². The second-order valence-corrected chi connectivity index (χ2v) is 2.74. The highest BCUT2D eigenvalue weighted by Crippen LogP contribution is 2.18. The highest BCUT2D eigenvalue weighted by atomic mass is 16.4. The van der Waals surface area contributed by atoms with E-state index in [0.717, 1.165) is 0 Å². The maximum Gasteiger partial charge on any atom is 0.352 e. The van der Waals surface area contributed by atoms with Crippen molar-refractivity contribution in [2.45, 2.75) is 0 Å². The number of carboxylic acids is 1. The molecule has 0 saturated carbocycles. The standard InChI is InChI=1S/C9H7NO3/c11-6-1-2-7-5(3-6)4-8(10-7)9(12)13/h1-4,10-11H,(H,12,13)/p-1. The molecule has 0 atom stereocenters. The van der Waals surface area contributed by atoms with Crippen LogP contribution in [0.5, 0.6) is 5.75 Å². The monoisotopic (exact) mass is 176 g/mol. The summed E-state index contributed by atoms with van der Waals surface area (Å²) >= 11 is 0. The van der Waals surface area contributed by atoms with Gasteiger partial charge in [0.1, 0.15) is 5.69 Å². The number of hydrogen-bond donors (Lipinski definition) is 2. The fraction of sp³-hybridized carbons (Fsp3) is 0. The van der Waals surface area contributed by atoms with Crippen LogP contribution in [-0.4, -0.2) is 16.1 Å². The molecule has 0 fully saturated rings. The second-order valence-electron chi connectivity index (χ2n) is 2.74. The maximum atomic E-state index is 10.9. The molecule has 0 aliphatic rings. The van der Waals surface area contributed by atoms with E-state index in [1.165, 1.54) is 18.2 Å². The van der Waals surface area contributed by atoms with Gasteiger partial charge >= 0.3 is 5.97 Å². The van der Waals surface area contributed by atoms with E-state index in [1.54, 1.807) is 6.07 Å². The third-order valence-corrected chi connectivity index (χ3v) is 1.82. The number of rotatable bonds is 1. The van der Waals surface area contributed by atoms with E-state index in [9.17, 15) is 9.90 Å². The van der Waals surface area contributed by atoms with Gasteiger partial charge in [0.05, 0.1) is 0 Å². The molecule has 4 nitrogen and oxygen atoms in total. The van der Waals surface area contributed by atoms with Crippen LogP contribution in [0.3, 0.4) is 0 Å². The Morgan fingerprint density at radius 1 is 1.38 bits per heavy atom. The first-order chi connectivity index (χ1) is 6.16. The molecule has 0 saturated heterocycles. The van der Waals surface area contributed by atoms with Crippen molar-refractivity contribution in [1.29, 1.82) is 0 Å². The Labute approximate surface area is 73.4 Å². The second kappa shape index (κ2) is 2.52. The fourth-order valence-corrected chi connectivity index (χ4v) is 1.23. The summed E-state index contributed by atoms with van der Waals surface area (Å²) in [4.78, 5) is 13.2. The van der Waals surface area contributed by atoms with Gasteiger partial charge in [-0.05, 0) is 17.5 Å². The zero-order valence-electron chi connectivity index (χ0n) is 6.57. The first-order valence-electron chi connectivity index (χ1n) is 3.70. The van der Waals surface area contributed by atoms with Gasteiger partial charge in [-0.1, -0.05) is 12.1 Å². The summed E-state index contributed by atoms with van der Waals surface area (Å²) in [6.45, 7) is 0. The Morgan fingerprint density at radius 2 is 2.15 bits per heavy atom. The number of nitrogens with one attached hydrogen (secondary N) is 1. The number of aromatic carboxylic acids is 1. The molecular weight excluding hydrogens is 170 g/mol. The zero-order chi connectivity index (χ0) is 9.42. The quantitative estimate of drug-likeness (QED) is 0.678. The van der Waals surface area contributed by atoms with Crippen LogP contribution in [0.1, 0.15) is 10.5 Å². The molecule has 2 rings (SSSR count). The summed E-state index contributed by atoms with van der Waals surface area (Å²) < 4.78 is 0. The van der Waals surface area contributed by atoms with Crippen molar-refractivity contribution in [1.82, 2.24) is 4.98 Å². The molecule has 13 heavy (non-hydrogen) atoms. The van der Waals surface area contributed by atoms with E-state index < -0.39 is 5.97 Å². The minimum absolute atomic E-state index is 0.0978. The molecule has 66 valence electrons. The molecule has 1 aromatic carbocycles. The lowest BCUT2D eigenvalue weighted by molar-refractivity contribution is -0.268. The van der Waals surface area contributed by atoms with Crippen molar-refractivity contribution in [3.63, 3.8) is 0 Å². The van der Waals surface area contributed by atoms with E-state index in [4.69, 9.17) is 5.11 Å². The molecule has 2 N–H and O–H groups in total. The van der Waals surface area contributed by atoms with Gasteiger partial charge in [0.2, 0.25) is 0 Å². The Hall–Kier alpha value is -1.97. The van der Waals surface area contributed by atoms with Gasteiger partial charge in [0.15, 0.2) is 0 Å². The van der Waals surface area contributed by atoms with Crippen LogP contribution in [0.25, 0.3) is 10.9 Å². The van der Waals surface area contributed by atoms with Gasteiger partial charge in [-0.15, -0.1) is 5.75 Å². The van der Waals surface area contributed by atoms with Crippen LogP contribution >= 0.6 is 0 Å². The summed E-state index contributed by atoms with van der Waals surface area (Å²) in [7, 11) is 0. The Bertz CT molecular complexity index is 473. The fourth-order valence-electron chi connectivity index (χ4n) is 1.23. The molecule has 0 aliphatic carbocycles. The number of benzene rings is 1. The zero-order valence-corrected chi connectivity index (χ0v) is 6.57. The molecule has 4 heteroatoms. The molecule has 0 bridgehead atoms. The van der Waals surface area contributed by atoms with E-state index in [2.05, 4.69) is 4.98 Å². The lowest BCUT2D eigenvalue weighted by atomic mass is 10.2. The van der Waals surface area contributed by atoms with Crippen LogP contribution in [0.2, 0.25) is 0 Å². The van der Waals surface area contributed by atoms with Crippen molar-refractivity contribution < 1.29 is 15.0 Å². The molecule has 1 heterocycles. The smallest absolute Gasteiger partial charge is 0.352 e. The summed E-state index contributed by atoms with van der Waals surface area (Å²) in [6.07, 6.45) is 0. The number of hydrogen-bond acceptors (Lipinski definition) is 2. The summed E-state index contributed by atoms with van der Waals surface area (Å²) in [5, 5.41) is 20.2. The van der Waals surface area contributed by atoms with Crippen molar-refractivity contribution in [2.24, 2.45) is 0 Å². The highest BCUT2D eigenvalue weighted by molar-refractivity contribution is 5.94. The van der Waals surface area contributed by atoms with Crippen LogP contribution in [0.4, 0.5) is 0 Å². The van der Waals surface area contributed by atoms with Crippen molar-refractivity contribution in [3.8, 4) is 5.75 Å². The maximum absolute atomic E-state index is 10.9. The van der Waals surface area contributed by atoms with E-state index >= 15 is 0 Å². The van der Waals surface area contributed by atoms with E-state index in [1.807, 2.05) is 0 Å². The molecular formula is C9H6NO3-. The number of H-pyrrole nitrogens is 1. The first kappa shape index (κ1) is 7.67. The molecule has 0 unspecified atom stereocenters. The summed E-state index contributed by atoms with van der Waals surface area (Å²) in [5.41, 5.74) is 0.762. The molecule has 0 aliphatic heterocycles. The summed E-state index contributed by atoms with van der Waals surface area (Å²) in [6, 6.07) is 5.81. The average molecular weight is 176 g/mol. The van der Waals surface area contributed by atoms with Crippen LogP contribution < -0.4 is 5.11 Å². The van der Waals surface area contributed by atoms with Gasteiger partial charge in [-0.25, -0.2) is 4.79 Å². The lowest BCUT2D eigenvalue weighted by Gasteiger charge is -2.01. The minimum atomic E-state index is -1.02. The number of carboxylic acid groups (broad SMARTS) is 1. The molecule has 0 radical (unpaired) electrons. The Kier molecular flexibility index (Phi) is 1.48. The Balaban J connectivity index is 2.68. The van der Waals surface area contributed by atoms with Gasteiger partial charge in [-0.3, -0.25) is 0 Å². The topological polar surface area (TPSA) is 76.2 Å². The summed E-state index contributed by atoms with van der Waals surface area (Å²) in [5.74, 6) is -1.15. The van der Waals surface area contributed by atoms with Gasteiger partial charge < -0.3 is 15.2 Å². The normalized spacial score (nSPS) is 10.5. The molecule has 0 spiro atoms. The predicted octanol–water partition coefficient (Wildman–Crippen LogP) is 0.940. The van der Waals surface area contributed by atoms with Crippen LogP contribution in [0, 0.1) is 0 Å². The number of aromatic nitrogens is 1. The number of fused-ring (bicyclic) bond motifs is 1. The predicted molar refractivity (Wildman–Crippen MR) is 44.7 cm³/mol. The molecule has 1 aromatic heterocycles. The highest BCUT2D eigenvalue weighted by Gasteiger charge is 2.05. The van der Waals surface area contributed by atoms with Crippen LogP contribution in [-0.2, 0) is 0 Å². The third kappa shape index (κ3) is 1.22. The SMILES string of the molecule is O=C(O)c1cc2cc([O-])ccc2[nH]1. The Morgan fingerprint density at radius 3 is 2.85 bits per heavy atom. The first-order valence-corrected chi connectivity index (χ1v) is 3.70. The molecule has 2 aromatic rings. The van der Waals surface area contributed by atoms with Gasteiger partial charge in [-0.2, -0.15) is 0 Å². The third-order valence-electron chi connectivity index (χ3n) is 1.82. The van der Waals surface area contributed by atoms with Crippen molar-refractivity contribution in [3.05, 3.63) is 30.0 Å². The van der Waals surface area contributed by atoms with Crippen molar-refractivity contribution in [2.75, 3.05) is 0 Å². The lowest BCUT2D eigenvalue weighted by Crippen LogP contribution is -1.94. The van der Waals surface area contributed by atoms with Crippen LogP contribution in [0.15, 0.2) is 24.3 Å². The van der Waals surface area contributed by atoms with Gasteiger partial charge in [0.25, 0.3) is 0 Å². The average Bonchev–Trinajstić information content (AvgIpc) is 2.46. The number of aromatic amines is 1. The minimum Gasteiger partial charge on any atom is -0.872 e. The van der Waals surface area contributed by atoms with E-state index in [-0.39, 0.29) is 11.4 Å². The molecule has 0 amide bonds.